The van der Waals surface area contributed by atoms with Crippen molar-refractivity contribution in [1.29, 1.82) is 0 Å². The fourth-order valence-corrected chi connectivity index (χ4v) is 6.70. The summed E-state index contributed by atoms with van der Waals surface area (Å²) < 4.78 is 47.6. The molecule has 0 aromatic heterocycles. The maximum absolute atomic E-state index is 13.1. The minimum absolute atomic E-state index is 0.00580. The summed E-state index contributed by atoms with van der Waals surface area (Å²) in [7, 11) is -2.74. The highest BCUT2D eigenvalue weighted by atomic mass is 127. The maximum atomic E-state index is 13.1. The molecule has 0 radical (unpaired) electrons. The molecule has 2 amide bonds. The summed E-state index contributed by atoms with van der Waals surface area (Å²) in [6.07, 6.45) is 1.54. The Morgan fingerprint density at radius 2 is 1.79 bits per heavy atom. The molecular weight excluding hydrogens is 681 g/mol. The van der Waals surface area contributed by atoms with Gasteiger partial charge in [0.05, 0.1) is 22.1 Å². The highest BCUT2D eigenvalue weighted by Gasteiger charge is 2.36. The second-order valence-electron chi connectivity index (χ2n) is 8.45. The highest BCUT2D eigenvalue weighted by molar-refractivity contribution is 14.1. The van der Waals surface area contributed by atoms with Crippen molar-refractivity contribution in [2.75, 3.05) is 13.9 Å². The minimum atomic E-state index is -4.12. The molecular formula is C26H19ClINO8S2. The topological polar surface area (TPSA) is 108 Å². The largest absolute Gasteiger partial charge is 0.493 e. The smallest absolute Gasteiger partial charge is 0.339 e. The molecule has 1 fully saturated rings. The molecule has 0 unspecified atom stereocenters. The Labute approximate surface area is 247 Å². The molecule has 13 heteroatoms. The Hall–Kier alpha value is -2.94. The van der Waals surface area contributed by atoms with E-state index in [9.17, 15) is 18.0 Å². The molecule has 5 rings (SSSR count). The number of carbonyl (C=O) groups is 2. The SMILES string of the molecule is COc1cc(/C=C2\SC(=O)N(Cc3cc4c(cc3Cl)OCO4)C2=O)cc(I)c1OS(=O)(=O)c1ccc(C)cc1. The van der Waals surface area contributed by atoms with E-state index in [1.54, 1.807) is 30.3 Å². The number of hydrogen-bond donors (Lipinski definition) is 0. The Morgan fingerprint density at radius 3 is 2.49 bits per heavy atom. The predicted molar refractivity (Wildman–Crippen MR) is 154 cm³/mol. The van der Waals surface area contributed by atoms with Crippen molar-refractivity contribution in [2.24, 2.45) is 0 Å². The number of ether oxygens (including phenoxy) is 3. The first-order valence-electron chi connectivity index (χ1n) is 11.3. The van der Waals surface area contributed by atoms with E-state index in [1.165, 1.54) is 31.4 Å². The number of carbonyl (C=O) groups excluding carboxylic acids is 2. The van der Waals surface area contributed by atoms with Crippen molar-refractivity contribution < 1.29 is 36.4 Å². The number of imide groups is 1. The summed E-state index contributed by atoms with van der Waals surface area (Å²) in [6, 6.07) is 12.7. The van der Waals surface area contributed by atoms with Crippen molar-refractivity contribution >= 4 is 73.3 Å². The van der Waals surface area contributed by atoms with E-state index in [-0.39, 0.29) is 34.6 Å². The zero-order valence-corrected chi connectivity index (χ0v) is 24.9. The molecule has 39 heavy (non-hydrogen) atoms. The zero-order valence-electron chi connectivity index (χ0n) is 20.4. The number of hydrogen-bond acceptors (Lipinski definition) is 9. The summed E-state index contributed by atoms with van der Waals surface area (Å²) in [5, 5.41) is -0.108. The summed E-state index contributed by atoms with van der Waals surface area (Å²) >= 11 is 9.05. The van der Waals surface area contributed by atoms with Gasteiger partial charge in [-0.1, -0.05) is 29.3 Å². The van der Waals surface area contributed by atoms with Crippen LogP contribution in [0.2, 0.25) is 5.02 Å². The lowest BCUT2D eigenvalue weighted by Gasteiger charge is -2.14. The van der Waals surface area contributed by atoms with Gasteiger partial charge in [-0.15, -0.1) is 0 Å². The first-order chi connectivity index (χ1) is 18.6. The molecule has 2 aliphatic heterocycles. The number of thioether (sulfide) groups is 1. The standard InChI is InChI=1S/C26H19ClINO8S2/c1-14-3-5-17(6-4-14)39(32,33)37-24-19(28)7-15(8-22(24)34-2)9-23-25(30)29(26(31)38-23)12-16-10-20-21(11-18(16)27)36-13-35-20/h3-11H,12-13H2,1-2H3/b23-9-. The number of benzene rings is 3. The van der Waals surface area contributed by atoms with E-state index in [4.69, 9.17) is 30.0 Å². The molecule has 0 atom stereocenters. The van der Waals surface area contributed by atoms with Gasteiger partial charge in [0.1, 0.15) is 4.90 Å². The Morgan fingerprint density at radius 1 is 1.10 bits per heavy atom. The van der Waals surface area contributed by atoms with Crippen molar-refractivity contribution in [3.05, 3.63) is 78.7 Å². The molecule has 2 aliphatic rings. The van der Waals surface area contributed by atoms with Crippen molar-refractivity contribution in [3.8, 4) is 23.0 Å². The second-order valence-corrected chi connectivity index (χ2v) is 12.6. The van der Waals surface area contributed by atoms with Crippen LogP contribution in [0.15, 0.2) is 58.3 Å². The molecule has 0 bridgehead atoms. The Bertz CT molecular complexity index is 1640. The van der Waals surface area contributed by atoms with Gasteiger partial charge in [-0.3, -0.25) is 14.5 Å². The van der Waals surface area contributed by atoms with Crippen LogP contribution in [0.3, 0.4) is 0 Å². The van der Waals surface area contributed by atoms with Gasteiger partial charge >= 0.3 is 10.1 Å². The second kappa shape index (κ2) is 10.9. The number of methoxy groups -OCH3 is 1. The van der Waals surface area contributed by atoms with Gasteiger partial charge in [0.15, 0.2) is 23.0 Å². The Kier molecular flexibility index (Phi) is 7.73. The normalized spacial score (nSPS) is 15.8. The third-order valence-electron chi connectivity index (χ3n) is 5.80. The molecule has 9 nitrogen and oxygen atoms in total. The van der Waals surface area contributed by atoms with Gasteiger partial charge in [0.2, 0.25) is 6.79 Å². The highest BCUT2D eigenvalue weighted by Crippen LogP contribution is 2.41. The van der Waals surface area contributed by atoms with Crippen LogP contribution in [0.1, 0.15) is 16.7 Å². The number of fused-ring (bicyclic) bond motifs is 1. The molecule has 3 aromatic rings. The van der Waals surface area contributed by atoms with E-state index in [2.05, 4.69) is 0 Å². The summed E-state index contributed by atoms with van der Waals surface area (Å²) in [5.41, 5.74) is 1.97. The summed E-state index contributed by atoms with van der Waals surface area (Å²) in [6.45, 7) is 1.88. The van der Waals surface area contributed by atoms with Gasteiger partial charge in [-0.05, 0) is 88.8 Å². The lowest BCUT2D eigenvalue weighted by atomic mass is 10.1. The molecule has 2 heterocycles. The quantitative estimate of drug-likeness (QED) is 0.167. The molecule has 1 saturated heterocycles. The predicted octanol–water partition coefficient (Wildman–Crippen LogP) is 5.99. The number of halogens is 2. The van der Waals surface area contributed by atoms with Crippen LogP contribution in [-0.4, -0.2) is 38.4 Å². The number of nitrogens with zero attached hydrogens (tertiary/aromatic N) is 1. The van der Waals surface area contributed by atoms with Crippen LogP contribution in [0.25, 0.3) is 6.08 Å². The lowest BCUT2D eigenvalue weighted by Crippen LogP contribution is -2.27. The minimum Gasteiger partial charge on any atom is -0.493 e. The zero-order chi connectivity index (χ0) is 27.9. The fourth-order valence-electron chi connectivity index (χ4n) is 3.81. The van der Waals surface area contributed by atoms with E-state index < -0.39 is 21.3 Å². The third kappa shape index (κ3) is 5.69. The molecule has 0 aliphatic carbocycles. The average molecular weight is 700 g/mol. The molecule has 202 valence electrons. The van der Waals surface area contributed by atoms with E-state index in [0.29, 0.717) is 31.2 Å². The van der Waals surface area contributed by atoms with Crippen molar-refractivity contribution in [3.63, 3.8) is 0 Å². The summed E-state index contributed by atoms with van der Waals surface area (Å²) in [4.78, 5) is 27.1. The Balaban J connectivity index is 1.39. The van der Waals surface area contributed by atoms with Crippen LogP contribution in [0, 0.1) is 10.5 Å². The third-order valence-corrected chi connectivity index (χ3v) is 9.09. The van der Waals surface area contributed by atoms with Crippen LogP contribution in [0.5, 0.6) is 23.0 Å². The van der Waals surface area contributed by atoms with Crippen LogP contribution >= 0.6 is 46.0 Å². The monoisotopic (exact) mass is 699 g/mol. The van der Waals surface area contributed by atoms with Gasteiger partial charge in [0, 0.05) is 11.1 Å². The van der Waals surface area contributed by atoms with E-state index >= 15 is 0 Å². The maximum Gasteiger partial charge on any atom is 0.339 e. The number of aryl methyl sites for hydroxylation is 1. The van der Waals surface area contributed by atoms with Crippen LogP contribution in [-0.2, 0) is 21.5 Å². The van der Waals surface area contributed by atoms with Gasteiger partial charge in [-0.2, -0.15) is 8.42 Å². The van der Waals surface area contributed by atoms with E-state index in [0.717, 1.165) is 22.2 Å². The van der Waals surface area contributed by atoms with Crippen molar-refractivity contribution in [2.45, 2.75) is 18.4 Å². The molecule has 0 N–H and O–H groups in total. The van der Waals surface area contributed by atoms with Gasteiger partial charge < -0.3 is 18.4 Å². The first kappa shape index (κ1) is 27.6. The lowest BCUT2D eigenvalue weighted by molar-refractivity contribution is -0.123. The molecule has 0 spiro atoms. The summed E-state index contributed by atoms with van der Waals surface area (Å²) in [5.74, 6) is 0.664. The average Bonchev–Trinajstić information content (AvgIpc) is 3.44. The number of amides is 2. The van der Waals surface area contributed by atoms with Gasteiger partial charge in [-0.25, -0.2) is 0 Å². The first-order valence-corrected chi connectivity index (χ1v) is 15.0. The van der Waals surface area contributed by atoms with Crippen molar-refractivity contribution in [1.82, 2.24) is 4.90 Å². The van der Waals surface area contributed by atoms with E-state index in [1.807, 2.05) is 29.5 Å². The van der Waals surface area contributed by atoms with Crippen LogP contribution in [0.4, 0.5) is 4.79 Å². The van der Waals surface area contributed by atoms with Crippen LogP contribution < -0.4 is 18.4 Å². The molecule has 0 saturated carbocycles. The number of rotatable bonds is 7. The van der Waals surface area contributed by atoms with Gasteiger partial charge in [0.25, 0.3) is 11.1 Å². The molecule has 3 aromatic carbocycles. The fraction of sp³-hybridized carbons (Fsp3) is 0.154.